The molecule has 1 amide bonds. The molecule has 0 aliphatic rings. The van der Waals surface area contributed by atoms with Crippen molar-refractivity contribution in [1.29, 1.82) is 0 Å². The third-order valence-electron chi connectivity index (χ3n) is 5.21. The number of carboxylic acid groups (broad SMARTS) is 1. The van der Waals surface area contributed by atoms with E-state index in [2.05, 4.69) is 10.3 Å². The van der Waals surface area contributed by atoms with E-state index < -0.39 is 24.0 Å². The number of rotatable bonds is 8. The number of aromatic nitrogens is 2. The normalized spacial score (nSPS) is 15.7. The van der Waals surface area contributed by atoms with Crippen LogP contribution in [-0.2, 0) is 9.59 Å². The molecule has 1 heterocycles. The molecule has 4 atom stereocenters. The highest BCUT2D eigenvalue weighted by atomic mass is 16.4. The Kier molecular flexibility index (Phi) is 6.71. The second-order valence-corrected chi connectivity index (χ2v) is 7.00. The molecular weight excluding hydrogens is 346 g/mol. The molecule has 1 aromatic carbocycles. The molecule has 0 aliphatic carbocycles. The van der Waals surface area contributed by atoms with Crippen molar-refractivity contribution in [3.05, 3.63) is 40.9 Å². The number of amides is 1. The van der Waals surface area contributed by atoms with Gasteiger partial charge >= 0.3 is 0 Å². The first-order valence-electron chi connectivity index (χ1n) is 9.28. The van der Waals surface area contributed by atoms with Crippen LogP contribution in [0.15, 0.2) is 35.4 Å². The largest absolute Gasteiger partial charge is 0.548 e. The molecule has 0 saturated carbocycles. The molecule has 1 aromatic heterocycles. The van der Waals surface area contributed by atoms with Gasteiger partial charge in [0, 0.05) is 0 Å². The zero-order chi connectivity index (χ0) is 20.1. The smallest absolute Gasteiger partial charge is 0.261 e. The van der Waals surface area contributed by atoms with E-state index in [1.54, 1.807) is 31.2 Å². The van der Waals surface area contributed by atoms with Crippen molar-refractivity contribution in [1.82, 2.24) is 14.9 Å². The average Bonchev–Trinajstić information content (AvgIpc) is 2.67. The zero-order valence-electron chi connectivity index (χ0n) is 16.1. The van der Waals surface area contributed by atoms with Crippen LogP contribution >= 0.6 is 0 Å². The van der Waals surface area contributed by atoms with Crippen molar-refractivity contribution in [2.45, 2.75) is 52.6 Å². The number of hydrogen-bond acceptors (Lipinski definition) is 5. The van der Waals surface area contributed by atoms with Crippen LogP contribution in [0.1, 0.15) is 46.6 Å². The number of carbonyl (C=O) groups is 2. The van der Waals surface area contributed by atoms with Crippen molar-refractivity contribution >= 4 is 22.8 Å². The third kappa shape index (κ3) is 4.35. The van der Waals surface area contributed by atoms with Gasteiger partial charge in [-0.3, -0.25) is 14.2 Å². The van der Waals surface area contributed by atoms with Gasteiger partial charge in [0.25, 0.3) is 5.56 Å². The first-order valence-corrected chi connectivity index (χ1v) is 9.28. The van der Waals surface area contributed by atoms with Crippen molar-refractivity contribution in [3.8, 4) is 0 Å². The van der Waals surface area contributed by atoms with Crippen LogP contribution in [0.4, 0.5) is 0 Å². The SMILES string of the molecule is CC[C@@H](C)[C@H](NC(=O)[C@H]([C@@H](C)CC)n1cnc2ccccc2c1=O)C(=O)[O-]. The lowest BCUT2D eigenvalue weighted by Gasteiger charge is -2.30. The van der Waals surface area contributed by atoms with Crippen LogP contribution in [-0.4, -0.2) is 27.5 Å². The van der Waals surface area contributed by atoms with Gasteiger partial charge < -0.3 is 15.2 Å². The first kappa shape index (κ1) is 20.6. The fourth-order valence-corrected chi connectivity index (χ4v) is 3.07. The Morgan fingerprint density at radius 2 is 1.78 bits per heavy atom. The Morgan fingerprint density at radius 3 is 2.37 bits per heavy atom. The number of fused-ring (bicyclic) bond motifs is 1. The van der Waals surface area contributed by atoms with E-state index in [1.165, 1.54) is 10.9 Å². The number of aliphatic carboxylic acids is 1. The highest BCUT2D eigenvalue weighted by molar-refractivity contribution is 5.86. The topological polar surface area (TPSA) is 104 Å². The minimum atomic E-state index is -1.33. The minimum absolute atomic E-state index is 0.190. The van der Waals surface area contributed by atoms with Gasteiger partial charge in [-0.25, -0.2) is 4.98 Å². The monoisotopic (exact) mass is 372 g/mol. The number of benzene rings is 1. The van der Waals surface area contributed by atoms with E-state index >= 15 is 0 Å². The summed E-state index contributed by atoms with van der Waals surface area (Å²) in [4.78, 5) is 41.6. The molecule has 0 bridgehead atoms. The van der Waals surface area contributed by atoms with Gasteiger partial charge in [-0.05, 0) is 24.0 Å². The average molecular weight is 372 g/mol. The molecule has 0 aliphatic heterocycles. The van der Waals surface area contributed by atoms with Crippen LogP contribution < -0.4 is 16.0 Å². The molecule has 1 N–H and O–H groups in total. The molecule has 2 rings (SSSR count). The maximum Gasteiger partial charge on any atom is 0.261 e. The summed E-state index contributed by atoms with van der Waals surface area (Å²) in [7, 11) is 0. The lowest BCUT2D eigenvalue weighted by molar-refractivity contribution is -0.309. The molecule has 27 heavy (non-hydrogen) atoms. The zero-order valence-corrected chi connectivity index (χ0v) is 16.1. The Labute approximate surface area is 158 Å². The second kappa shape index (κ2) is 8.79. The van der Waals surface area contributed by atoms with Crippen molar-refractivity contribution in [3.63, 3.8) is 0 Å². The van der Waals surface area contributed by atoms with Gasteiger partial charge in [0.1, 0.15) is 6.04 Å². The molecular formula is C20H26N3O4-. The van der Waals surface area contributed by atoms with Gasteiger partial charge in [-0.2, -0.15) is 0 Å². The molecule has 0 radical (unpaired) electrons. The van der Waals surface area contributed by atoms with Crippen LogP contribution in [0.25, 0.3) is 10.9 Å². The maximum absolute atomic E-state index is 13.0. The standard InChI is InChI=1S/C20H27N3O4/c1-5-12(3)16(20(26)27)22-18(24)17(13(4)6-2)23-11-21-15-10-8-7-9-14(15)19(23)25/h7-13,16-17H,5-6H2,1-4H3,(H,22,24)(H,26,27)/p-1/t12-,13+,16+,17+/m1/s1. The predicted octanol–water partition coefficient (Wildman–Crippen LogP) is 1.26. The quantitative estimate of drug-likeness (QED) is 0.751. The molecule has 7 heteroatoms. The molecule has 2 aromatic rings. The van der Waals surface area contributed by atoms with E-state index in [0.717, 1.165) is 0 Å². The fourth-order valence-electron chi connectivity index (χ4n) is 3.07. The van der Waals surface area contributed by atoms with Crippen molar-refractivity contribution < 1.29 is 14.7 Å². The summed E-state index contributed by atoms with van der Waals surface area (Å²) >= 11 is 0. The molecule has 0 saturated heterocycles. The van der Waals surface area contributed by atoms with E-state index in [1.807, 2.05) is 20.8 Å². The lowest BCUT2D eigenvalue weighted by atomic mass is 9.95. The summed E-state index contributed by atoms with van der Waals surface area (Å²) in [5.41, 5.74) is 0.226. The third-order valence-corrected chi connectivity index (χ3v) is 5.21. The van der Waals surface area contributed by atoms with Crippen LogP contribution in [0.3, 0.4) is 0 Å². The molecule has 146 valence electrons. The summed E-state index contributed by atoms with van der Waals surface area (Å²) < 4.78 is 1.30. The van der Waals surface area contributed by atoms with E-state index in [4.69, 9.17) is 0 Å². The summed E-state index contributed by atoms with van der Waals surface area (Å²) in [6, 6.07) is 4.95. The van der Waals surface area contributed by atoms with Crippen LogP contribution in [0.5, 0.6) is 0 Å². The van der Waals surface area contributed by atoms with E-state index in [9.17, 15) is 19.5 Å². The summed E-state index contributed by atoms with van der Waals surface area (Å²) in [5, 5.41) is 14.5. The Morgan fingerprint density at radius 1 is 1.15 bits per heavy atom. The fraction of sp³-hybridized carbons (Fsp3) is 0.500. The number of carboxylic acids is 1. The second-order valence-electron chi connectivity index (χ2n) is 7.00. The molecule has 7 nitrogen and oxygen atoms in total. The summed E-state index contributed by atoms with van der Waals surface area (Å²) in [6.07, 6.45) is 2.57. The van der Waals surface area contributed by atoms with Gasteiger partial charge in [-0.1, -0.05) is 52.7 Å². The lowest BCUT2D eigenvalue weighted by Crippen LogP contribution is -2.54. The van der Waals surface area contributed by atoms with Gasteiger partial charge in [-0.15, -0.1) is 0 Å². The van der Waals surface area contributed by atoms with Gasteiger partial charge in [0.05, 0.1) is 29.2 Å². The number of nitrogens with one attached hydrogen (secondary N) is 1. The highest BCUT2D eigenvalue weighted by Crippen LogP contribution is 2.21. The number of nitrogens with zero attached hydrogens (tertiary/aromatic N) is 2. The van der Waals surface area contributed by atoms with E-state index in [0.29, 0.717) is 23.7 Å². The van der Waals surface area contributed by atoms with Gasteiger partial charge in [0.2, 0.25) is 5.91 Å². The summed E-state index contributed by atoms with van der Waals surface area (Å²) in [5.74, 6) is -2.32. The number of para-hydroxylation sites is 1. The van der Waals surface area contributed by atoms with E-state index in [-0.39, 0.29) is 17.4 Å². The van der Waals surface area contributed by atoms with Crippen LogP contribution in [0, 0.1) is 11.8 Å². The molecule has 0 spiro atoms. The van der Waals surface area contributed by atoms with Gasteiger partial charge in [0.15, 0.2) is 0 Å². The van der Waals surface area contributed by atoms with Crippen molar-refractivity contribution in [2.75, 3.05) is 0 Å². The molecule has 0 fully saturated rings. The van der Waals surface area contributed by atoms with Crippen molar-refractivity contribution in [2.24, 2.45) is 11.8 Å². The van der Waals surface area contributed by atoms with Crippen LogP contribution in [0.2, 0.25) is 0 Å². The Balaban J connectivity index is 2.47. The maximum atomic E-state index is 13.0. The minimum Gasteiger partial charge on any atom is -0.548 e. The number of carbonyl (C=O) groups excluding carboxylic acids is 2. The highest BCUT2D eigenvalue weighted by Gasteiger charge is 2.30. The summed E-state index contributed by atoms with van der Waals surface area (Å²) in [6.45, 7) is 7.35. The first-order chi connectivity index (χ1) is 12.8. The predicted molar refractivity (Wildman–Crippen MR) is 101 cm³/mol. The number of hydrogen-bond donors (Lipinski definition) is 1. The molecule has 0 unspecified atom stereocenters. The Hall–Kier alpha value is -2.70. The Bertz CT molecular complexity index is 877.